The molecule has 0 unspecified atom stereocenters. The summed E-state index contributed by atoms with van der Waals surface area (Å²) in [5.41, 5.74) is 0.906. The zero-order valence-corrected chi connectivity index (χ0v) is 12.8. The highest BCUT2D eigenvalue weighted by atomic mass is 32.2. The van der Waals surface area contributed by atoms with Gasteiger partial charge in [0.15, 0.2) is 11.5 Å². The fraction of sp³-hybridized carbons (Fsp3) is 0.538. The van der Waals surface area contributed by atoms with Gasteiger partial charge in [0.1, 0.15) is 0 Å². The van der Waals surface area contributed by atoms with Crippen LogP contribution in [0.25, 0.3) is 0 Å². The van der Waals surface area contributed by atoms with E-state index in [0.717, 1.165) is 5.56 Å². The maximum Gasteiger partial charge on any atom is 0.309 e. The summed E-state index contributed by atoms with van der Waals surface area (Å²) in [7, 11) is -0.466. The predicted octanol–water partition coefficient (Wildman–Crippen LogP) is 1.16. The van der Waals surface area contributed by atoms with Crippen molar-refractivity contribution in [3.8, 4) is 11.5 Å². The summed E-state index contributed by atoms with van der Waals surface area (Å²) in [5.74, 6) is 0.509. The van der Waals surface area contributed by atoms with Crippen molar-refractivity contribution in [3.05, 3.63) is 23.8 Å². The molecule has 0 aliphatic rings. The van der Waals surface area contributed by atoms with Gasteiger partial charge in [-0.3, -0.25) is 0 Å². The molecule has 0 saturated carbocycles. The van der Waals surface area contributed by atoms with E-state index in [0.29, 0.717) is 25.4 Å². The molecule has 0 aliphatic heterocycles. The van der Waals surface area contributed by atoms with Gasteiger partial charge in [-0.2, -0.15) is 8.42 Å². The SMILES string of the molecule is CCS(=O)(=O)Oc1cc(CNCCOC)ccc1OC. The zero-order chi connectivity index (χ0) is 15.0. The van der Waals surface area contributed by atoms with Crippen LogP contribution in [0.4, 0.5) is 0 Å². The smallest absolute Gasteiger partial charge is 0.309 e. The molecule has 0 amide bonds. The van der Waals surface area contributed by atoms with Crippen molar-refractivity contribution in [1.29, 1.82) is 0 Å². The van der Waals surface area contributed by atoms with Crippen LogP contribution < -0.4 is 14.2 Å². The van der Waals surface area contributed by atoms with Gasteiger partial charge in [0.25, 0.3) is 0 Å². The number of ether oxygens (including phenoxy) is 2. The standard InChI is InChI=1S/C13H21NO5S/c1-4-20(15,16)19-13-9-11(5-6-12(13)18-3)10-14-7-8-17-2/h5-6,9,14H,4,7-8,10H2,1-3H3. The van der Waals surface area contributed by atoms with Crippen LogP contribution >= 0.6 is 0 Å². The Morgan fingerprint density at radius 3 is 2.55 bits per heavy atom. The van der Waals surface area contributed by atoms with E-state index in [-0.39, 0.29) is 11.5 Å². The molecule has 1 rings (SSSR count). The van der Waals surface area contributed by atoms with Crippen LogP contribution in [-0.4, -0.2) is 41.5 Å². The number of methoxy groups -OCH3 is 2. The summed E-state index contributed by atoms with van der Waals surface area (Å²) in [6.45, 7) is 3.45. The van der Waals surface area contributed by atoms with Crippen LogP contribution in [0.5, 0.6) is 11.5 Å². The summed E-state index contributed by atoms with van der Waals surface area (Å²) in [5, 5.41) is 3.17. The normalized spacial score (nSPS) is 11.3. The van der Waals surface area contributed by atoms with Gasteiger partial charge in [-0.25, -0.2) is 0 Å². The Kier molecular flexibility index (Phi) is 6.77. The number of benzene rings is 1. The maximum atomic E-state index is 11.5. The van der Waals surface area contributed by atoms with Gasteiger partial charge in [0.05, 0.1) is 19.5 Å². The fourth-order valence-electron chi connectivity index (χ4n) is 1.50. The molecule has 0 aliphatic carbocycles. The van der Waals surface area contributed by atoms with Crippen molar-refractivity contribution >= 4 is 10.1 Å². The second kappa shape index (κ2) is 8.08. The Morgan fingerprint density at radius 2 is 1.95 bits per heavy atom. The van der Waals surface area contributed by atoms with Gasteiger partial charge in [0, 0.05) is 20.2 Å². The first-order valence-corrected chi connectivity index (χ1v) is 7.89. The van der Waals surface area contributed by atoms with Crippen molar-refractivity contribution in [2.24, 2.45) is 0 Å². The number of hydrogen-bond donors (Lipinski definition) is 1. The lowest BCUT2D eigenvalue weighted by atomic mass is 10.2. The van der Waals surface area contributed by atoms with Crippen LogP contribution in [0, 0.1) is 0 Å². The molecule has 20 heavy (non-hydrogen) atoms. The minimum absolute atomic E-state index is 0.0908. The molecule has 1 aromatic carbocycles. The van der Waals surface area contributed by atoms with Gasteiger partial charge >= 0.3 is 10.1 Å². The molecule has 0 spiro atoms. The van der Waals surface area contributed by atoms with E-state index in [9.17, 15) is 8.42 Å². The van der Waals surface area contributed by atoms with Crippen molar-refractivity contribution < 1.29 is 22.1 Å². The Morgan fingerprint density at radius 1 is 1.20 bits per heavy atom. The third-order valence-electron chi connectivity index (χ3n) is 2.61. The van der Waals surface area contributed by atoms with Crippen LogP contribution in [-0.2, 0) is 21.4 Å². The second-order valence-corrected chi connectivity index (χ2v) is 5.94. The third kappa shape index (κ3) is 5.36. The molecule has 0 bridgehead atoms. The first-order chi connectivity index (χ1) is 9.52. The summed E-state index contributed by atoms with van der Waals surface area (Å²) in [6, 6.07) is 5.20. The molecular formula is C13H21NO5S. The molecule has 0 saturated heterocycles. The van der Waals surface area contributed by atoms with E-state index in [2.05, 4.69) is 5.32 Å². The highest BCUT2D eigenvalue weighted by molar-refractivity contribution is 7.87. The molecule has 0 atom stereocenters. The Balaban J connectivity index is 2.80. The van der Waals surface area contributed by atoms with Crippen LogP contribution in [0.2, 0.25) is 0 Å². The molecule has 1 aromatic rings. The van der Waals surface area contributed by atoms with Gasteiger partial charge < -0.3 is 19.0 Å². The van der Waals surface area contributed by atoms with Gasteiger partial charge in [-0.1, -0.05) is 6.07 Å². The topological polar surface area (TPSA) is 73.9 Å². The summed E-state index contributed by atoms with van der Waals surface area (Å²) in [6.07, 6.45) is 0. The highest BCUT2D eigenvalue weighted by Gasteiger charge is 2.14. The molecule has 0 radical (unpaired) electrons. The minimum Gasteiger partial charge on any atom is -0.493 e. The zero-order valence-electron chi connectivity index (χ0n) is 12.0. The van der Waals surface area contributed by atoms with Gasteiger partial charge in [-0.05, 0) is 24.6 Å². The van der Waals surface area contributed by atoms with E-state index in [1.54, 1.807) is 19.2 Å². The molecule has 0 fully saturated rings. The van der Waals surface area contributed by atoms with Crippen LogP contribution in [0.1, 0.15) is 12.5 Å². The lowest BCUT2D eigenvalue weighted by Gasteiger charge is -2.12. The maximum absolute atomic E-state index is 11.5. The lowest BCUT2D eigenvalue weighted by molar-refractivity contribution is 0.199. The second-order valence-electron chi connectivity index (χ2n) is 4.08. The molecule has 0 aromatic heterocycles. The molecule has 1 N–H and O–H groups in total. The van der Waals surface area contributed by atoms with E-state index in [1.165, 1.54) is 14.0 Å². The average molecular weight is 303 g/mol. The average Bonchev–Trinajstić information content (AvgIpc) is 2.43. The Labute approximate surface area is 120 Å². The summed E-state index contributed by atoms with van der Waals surface area (Å²) < 4.78 is 38.1. The van der Waals surface area contributed by atoms with E-state index in [1.807, 2.05) is 6.07 Å². The highest BCUT2D eigenvalue weighted by Crippen LogP contribution is 2.29. The van der Waals surface area contributed by atoms with Crippen LogP contribution in [0.15, 0.2) is 18.2 Å². The first kappa shape index (κ1) is 16.7. The molecule has 0 heterocycles. The fourth-order valence-corrected chi connectivity index (χ4v) is 2.02. The molecule has 7 heteroatoms. The predicted molar refractivity (Wildman–Crippen MR) is 76.7 cm³/mol. The lowest BCUT2D eigenvalue weighted by Crippen LogP contribution is -2.18. The van der Waals surface area contributed by atoms with E-state index < -0.39 is 10.1 Å². The number of nitrogens with one attached hydrogen (secondary N) is 1. The minimum atomic E-state index is -3.57. The summed E-state index contributed by atoms with van der Waals surface area (Å²) >= 11 is 0. The van der Waals surface area contributed by atoms with E-state index >= 15 is 0 Å². The van der Waals surface area contributed by atoms with Crippen molar-refractivity contribution in [2.45, 2.75) is 13.5 Å². The van der Waals surface area contributed by atoms with Crippen LogP contribution in [0.3, 0.4) is 0 Å². The largest absolute Gasteiger partial charge is 0.493 e. The number of hydrogen-bond acceptors (Lipinski definition) is 6. The molecule has 6 nitrogen and oxygen atoms in total. The molecular weight excluding hydrogens is 282 g/mol. The van der Waals surface area contributed by atoms with Gasteiger partial charge in [0.2, 0.25) is 0 Å². The van der Waals surface area contributed by atoms with E-state index in [4.69, 9.17) is 13.7 Å². The third-order valence-corrected chi connectivity index (χ3v) is 3.75. The summed E-state index contributed by atoms with van der Waals surface area (Å²) in [4.78, 5) is 0. The van der Waals surface area contributed by atoms with Crippen molar-refractivity contribution in [3.63, 3.8) is 0 Å². The quantitative estimate of drug-likeness (QED) is 0.545. The van der Waals surface area contributed by atoms with Crippen molar-refractivity contribution in [2.75, 3.05) is 33.1 Å². The monoisotopic (exact) mass is 303 g/mol. The first-order valence-electron chi connectivity index (χ1n) is 6.31. The molecule has 114 valence electrons. The Bertz CT molecular complexity index is 515. The van der Waals surface area contributed by atoms with Gasteiger partial charge in [-0.15, -0.1) is 0 Å². The van der Waals surface area contributed by atoms with Crippen molar-refractivity contribution in [1.82, 2.24) is 5.32 Å². The number of rotatable bonds is 9. The Hall–Kier alpha value is -1.31.